The summed E-state index contributed by atoms with van der Waals surface area (Å²) in [6.45, 7) is 0.330. The minimum Gasteiger partial charge on any atom is -0.493 e. The van der Waals surface area contributed by atoms with Gasteiger partial charge in [0, 0.05) is 29.2 Å². The van der Waals surface area contributed by atoms with Gasteiger partial charge in [-0.05, 0) is 29.8 Å². The zero-order valence-electron chi connectivity index (χ0n) is 17.2. The van der Waals surface area contributed by atoms with E-state index in [2.05, 4.69) is 9.97 Å². The van der Waals surface area contributed by atoms with Gasteiger partial charge in [-0.25, -0.2) is 9.36 Å². The number of pyridine rings is 2. The maximum Gasteiger partial charge on any atom is 0.416 e. The first kappa shape index (κ1) is 19.6. The van der Waals surface area contributed by atoms with E-state index < -0.39 is 6.09 Å². The van der Waals surface area contributed by atoms with Crippen LogP contribution in [0.1, 0.15) is 5.56 Å². The Morgan fingerprint density at radius 2 is 1.75 bits per heavy atom. The number of carboxylic acid groups (broad SMARTS) is 1. The van der Waals surface area contributed by atoms with Crippen LogP contribution in [0.25, 0.3) is 33.2 Å². The van der Waals surface area contributed by atoms with Gasteiger partial charge in [-0.15, -0.1) is 0 Å². The Morgan fingerprint density at radius 1 is 0.938 bits per heavy atom. The molecule has 0 fully saturated rings. The van der Waals surface area contributed by atoms with Crippen LogP contribution in [0.15, 0.2) is 79.1 Å². The number of fused-ring (bicyclic) bond motifs is 3. The molecule has 0 unspecified atom stereocenters. The van der Waals surface area contributed by atoms with Crippen LogP contribution >= 0.6 is 0 Å². The topological polar surface area (TPSA) is 86.5 Å². The average Bonchev–Trinajstić information content (AvgIpc) is 3.16. The Morgan fingerprint density at radius 3 is 2.47 bits per heavy atom. The van der Waals surface area contributed by atoms with Crippen LogP contribution in [0.3, 0.4) is 0 Å². The molecule has 0 amide bonds. The zero-order chi connectivity index (χ0) is 22.1. The summed E-state index contributed by atoms with van der Waals surface area (Å²) in [6, 6.07) is 20.5. The van der Waals surface area contributed by atoms with E-state index in [1.807, 2.05) is 48.5 Å². The molecule has 0 atom stereocenters. The Kier molecular flexibility index (Phi) is 4.91. The molecule has 158 valence electrons. The quantitative estimate of drug-likeness (QED) is 0.408. The molecule has 0 saturated carbocycles. The fraction of sp³-hybridized carbons (Fsp3) is 0.0800. The van der Waals surface area contributed by atoms with Crippen LogP contribution in [0.5, 0.6) is 11.5 Å². The largest absolute Gasteiger partial charge is 0.493 e. The van der Waals surface area contributed by atoms with Crippen molar-refractivity contribution in [3.8, 4) is 22.9 Å². The maximum absolute atomic E-state index is 12.2. The lowest BCUT2D eigenvalue weighted by Gasteiger charge is -2.12. The van der Waals surface area contributed by atoms with E-state index in [0.29, 0.717) is 51.3 Å². The number of nitrogens with zero attached hydrogens (tertiary/aromatic N) is 3. The molecule has 3 aromatic heterocycles. The molecule has 32 heavy (non-hydrogen) atoms. The summed E-state index contributed by atoms with van der Waals surface area (Å²) in [5, 5.41) is 11.4. The smallest absolute Gasteiger partial charge is 0.416 e. The Labute approximate surface area is 183 Å². The minimum atomic E-state index is -1.10. The van der Waals surface area contributed by atoms with Crippen LogP contribution in [0, 0.1) is 0 Å². The number of ether oxygens (including phenoxy) is 2. The summed E-state index contributed by atoms with van der Waals surface area (Å²) in [6.07, 6.45) is 2.18. The second-order valence-electron chi connectivity index (χ2n) is 7.18. The van der Waals surface area contributed by atoms with Gasteiger partial charge in [0.15, 0.2) is 11.5 Å². The Bertz CT molecular complexity index is 1430. The van der Waals surface area contributed by atoms with Gasteiger partial charge in [-0.3, -0.25) is 9.97 Å². The number of hydrogen-bond acceptors (Lipinski definition) is 5. The van der Waals surface area contributed by atoms with Gasteiger partial charge in [0.2, 0.25) is 0 Å². The van der Waals surface area contributed by atoms with Crippen molar-refractivity contribution in [1.82, 2.24) is 14.5 Å². The summed E-state index contributed by atoms with van der Waals surface area (Å²) >= 11 is 0. The lowest BCUT2D eigenvalue weighted by molar-refractivity contribution is 0.198. The number of benzene rings is 2. The van der Waals surface area contributed by atoms with Gasteiger partial charge < -0.3 is 14.6 Å². The van der Waals surface area contributed by atoms with Crippen molar-refractivity contribution >= 4 is 27.9 Å². The zero-order valence-corrected chi connectivity index (χ0v) is 17.2. The highest BCUT2D eigenvalue weighted by Crippen LogP contribution is 2.40. The van der Waals surface area contributed by atoms with Crippen molar-refractivity contribution in [3.63, 3.8) is 0 Å². The Hall–Kier alpha value is -4.39. The SMILES string of the molecule is COc1cc2c3c(-c4ccccn4)nccc3n(C(=O)O)c2cc1OCc1ccccc1. The predicted octanol–water partition coefficient (Wildman–Crippen LogP) is 5.37. The summed E-state index contributed by atoms with van der Waals surface area (Å²) in [5.41, 5.74) is 3.26. The summed E-state index contributed by atoms with van der Waals surface area (Å²) < 4.78 is 12.8. The highest BCUT2D eigenvalue weighted by Gasteiger charge is 2.22. The van der Waals surface area contributed by atoms with Gasteiger partial charge in [0.05, 0.1) is 29.5 Å². The maximum atomic E-state index is 12.2. The highest BCUT2D eigenvalue weighted by molar-refractivity contribution is 6.17. The summed E-state index contributed by atoms with van der Waals surface area (Å²) in [5.74, 6) is 0.968. The first-order valence-corrected chi connectivity index (χ1v) is 10.00. The van der Waals surface area contributed by atoms with Gasteiger partial charge in [0.25, 0.3) is 0 Å². The lowest BCUT2D eigenvalue weighted by Crippen LogP contribution is -2.07. The van der Waals surface area contributed by atoms with Crippen molar-refractivity contribution in [2.75, 3.05) is 7.11 Å². The molecule has 7 nitrogen and oxygen atoms in total. The molecule has 0 aliphatic heterocycles. The summed E-state index contributed by atoms with van der Waals surface area (Å²) in [7, 11) is 1.56. The molecular weight excluding hydrogens is 406 g/mol. The molecule has 0 bridgehead atoms. The van der Waals surface area contributed by atoms with Crippen LogP contribution in [0.4, 0.5) is 4.79 Å². The van der Waals surface area contributed by atoms with Crippen molar-refractivity contribution < 1.29 is 19.4 Å². The second-order valence-corrected chi connectivity index (χ2v) is 7.18. The van der Waals surface area contributed by atoms with E-state index in [0.717, 1.165) is 5.56 Å². The molecule has 0 aliphatic carbocycles. The molecule has 1 N–H and O–H groups in total. The van der Waals surface area contributed by atoms with Gasteiger partial charge in [-0.2, -0.15) is 0 Å². The van der Waals surface area contributed by atoms with Crippen molar-refractivity contribution in [3.05, 3.63) is 84.7 Å². The summed E-state index contributed by atoms with van der Waals surface area (Å²) in [4.78, 5) is 21.2. The predicted molar refractivity (Wildman–Crippen MR) is 121 cm³/mol. The van der Waals surface area contributed by atoms with Crippen LogP contribution in [-0.4, -0.2) is 32.8 Å². The average molecular weight is 425 g/mol. The molecule has 5 aromatic rings. The molecule has 0 radical (unpaired) electrons. The normalized spacial score (nSPS) is 11.0. The lowest BCUT2D eigenvalue weighted by atomic mass is 10.1. The molecule has 0 saturated heterocycles. The fourth-order valence-corrected chi connectivity index (χ4v) is 3.88. The Balaban J connectivity index is 1.74. The van der Waals surface area contributed by atoms with Crippen LogP contribution in [0.2, 0.25) is 0 Å². The number of methoxy groups -OCH3 is 1. The van der Waals surface area contributed by atoms with Crippen molar-refractivity contribution in [2.45, 2.75) is 6.61 Å². The van der Waals surface area contributed by atoms with Gasteiger partial charge >= 0.3 is 6.09 Å². The van der Waals surface area contributed by atoms with Crippen molar-refractivity contribution in [2.24, 2.45) is 0 Å². The fourth-order valence-electron chi connectivity index (χ4n) is 3.88. The van der Waals surface area contributed by atoms with E-state index in [9.17, 15) is 9.90 Å². The van der Waals surface area contributed by atoms with Crippen LogP contribution < -0.4 is 9.47 Å². The van der Waals surface area contributed by atoms with E-state index in [1.54, 1.807) is 37.7 Å². The van der Waals surface area contributed by atoms with E-state index in [1.165, 1.54) is 4.57 Å². The first-order valence-electron chi connectivity index (χ1n) is 10.00. The molecule has 0 aliphatic rings. The molecular formula is C25H19N3O4. The number of rotatable bonds is 5. The molecule has 3 heterocycles. The molecule has 2 aromatic carbocycles. The second kappa shape index (κ2) is 8.03. The van der Waals surface area contributed by atoms with Crippen molar-refractivity contribution in [1.29, 1.82) is 0 Å². The van der Waals surface area contributed by atoms with Crippen LogP contribution in [-0.2, 0) is 6.61 Å². The molecule has 5 rings (SSSR count). The van der Waals surface area contributed by atoms with E-state index in [4.69, 9.17) is 9.47 Å². The number of aromatic nitrogens is 3. The molecule has 7 heteroatoms. The monoisotopic (exact) mass is 425 g/mol. The standard InChI is InChI=1S/C25H19N3O4/c1-31-21-13-17-20(14-22(21)32-15-16-7-3-2-4-8-16)28(25(29)30)19-10-12-27-24(23(17)19)18-9-5-6-11-26-18/h2-14H,15H2,1H3,(H,29,30). The van der Waals surface area contributed by atoms with E-state index >= 15 is 0 Å². The third-order valence-electron chi connectivity index (χ3n) is 5.30. The molecule has 0 spiro atoms. The third-order valence-corrected chi connectivity index (χ3v) is 5.30. The number of hydrogen-bond donors (Lipinski definition) is 1. The minimum absolute atomic E-state index is 0.330. The third kappa shape index (κ3) is 3.30. The number of carbonyl (C=O) groups is 1. The highest BCUT2D eigenvalue weighted by atomic mass is 16.5. The van der Waals surface area contributed by atoms with Gasteiger partial charge in [-0.1, -0.05) is 36.4 Å². The van der Waals surface area contributed by atoms with E-state index in [-0.39, 0.29) is 0 Å². The van der Waals surface area contributed by atoms with Gasteiger partial charge in [0.1, 0.15) is 6.61 Å². The first-order chi connectivity index (χ1) is 15.7.